The molecule has 8 heteroatoms. The minimum absolute atomic E-state index is 0.0881. The van der Waals surface area contributed by atoms with Crippen LogP contribution in [0.4, 0.5) is 0 Å². The Kier molecular flexibility index (Phi) is 6.87. The molecule has 0 bridgehead atoms. The van der Waals surface area contributed by atoms with Gasteiger partial charge in [0.05, 0.1) is 13.7 Å². The Hall–Kier alpha value is -4.20. The predicted octanol–water partition coefficient (Wildman–Crippen LogP) is 3.46. The number of ether oxygens (including phenoxy) is 2. The number of methoxy groups -OCH3 is 1. The van der Waals surface area contributed by atoms with E-state index in [1.54, 1.807) is 60.7 Å². The van der Waals surface area contributed by atoms with Gasteiger partial charge in [0.25, 0.3) is 5.91 Å². The zero-order valence-electron chi connectivity index (χ0n) is 18.6. The van der Waals surface area contributed by atoms with Crippen LogP contribution < -0.4 is 9.47 Å². The van der Waals surface area contributed by atoms with Crippen LogP contribution in [0.2, 0.25) is 0 Å². The van der Waals surface area contributed by atoms with Crippen LogP contribution in [0.25, 0.3) is 0 Å². The van der Waals surface area contributed by atoms with E-state index in [1.807, 2.05) is 0 Å². The lowest BCUT2D eigenvalue weighted by molar-refractivity contribution is -0.145. The molecular weight excluding hydrogens is 436 g/mol. The summed E-state index contributed by atoms with van der Waals surface area (Å²) in [5.41, 5.74) is 0.734. The van der Waals surface area contributed by atoms with E-state index in [0.717, 1.165) is 12.8 Å². The Balaban J connectivity index is 1.61. The summed E-state index contributed by atoms with van der Waals surface area (Å²) in [7, 11) is 1.45. The monoisotopic (exact) mass is 460 g/mol. The molecule has 1 unspecified atom stereocenters. The number of carbonyl (C=O) groups excluding carboxylic acids is 2. The van der Waals surface area contributed by atoms with Crippen molar-refractivity contribution in [2.24, 2.45) is 0 Å². The van der Waals surface area contributed by atoms with Crippen molar-refractivity contribution in [2.45, 2.75) is 25.0 Å². The van der Waals surface area contributed by atoms with Crippen molar-refractivity contribution in [3.63, 3.8) is 0 Å². The van der Waals surface area contributed by atoms with Crippen molar-refractivity contribution in [1.82, 2.24) is 9.88 Å². The van der Waals surface area contributed by atoms with Crippen LogP contribution in [-0.4, -0.2) is 58.5 Å². The first-order valence-electron chi connectivity index (χ1n) is 10.9. The number of hydrogen-bond donors (Lipinski definition) is 1. The van der Waals surface area contributed by atoms with E-state index in [4.69, 9.17) is 9.47 Å². The number of carboxylic acids is 1. The van der Waals surface area contributed by atoms with Gasteiger partial charge in [-0.05, 0) is 55.3 Å². The molecule has 8 nitrogen and oxygen atoms in total. The summed E-state index contributed by atoms with van der Waals surface area (Å²) in [4.78, 5) is 43.9. The molecule has 2 aromatic carbocycles. The van der Waals surface area contributed by atoms with Gasteiger partial charge >= 0.3 is 5.97 Å². The number of ketones is 1. The highest BCUT2D eigenvalue weighted by Crippen LogP contribution is 2.30. The van der Waals surface area contributed by atoms with Crippen LogP contribution in [0.1, 0.15) is 39.3 Å². The number of pyridine rings is 1. The number of carboxylic acid groups (broad SMARTS) is 1. The fourth-order valence-electron chi connectivity index (χ4n) is 3.57. The average molecular weight is 460 g/mol. The van der Waals surface area contributed by atoms with E-state index >= 15 is 0 Å². The van der Waals surface area contributed by atoms with Gasteiger partial charge in [0.2, 0.25) is 11.9 Å². The summed E-state index contributed by atoms with van der Waals surface area (Å²) < 4.78 is 11.0. The number of amides is 1. The highest BCUT2D eigenvalue weighted by atomic mass is 16.5. The third kappa shape index (κ3) is 5.40. The number of aliphatic carboxylic acids is 1. The molecule has 1 N–H and O–H groups in total. The molecule has 1 saturated carbocycles. The van der Waals surface area contributed by atoms with Gasteiger partial charge < -0.3 is 19.5 Å². The predicted molar refractivity (Wildman–Crippen MR) is 123 cm³/mol. The van der Waals surface area contributed by atoms with E-state index in [1.165, 1.54) is 24.3 Å². The standard InChI is InChI=1S/C26H24N2O6/c1-33-21-14-17(24(29)22-9-5-6-12-27-22)13-18(15-21)25(30)28(19-10-11-19)16-23(26(31)32)34-20-7-3-2-4-8-20/h2-9,12-15,19,23H,10-11,16H2,1H3,(H,31,32). The second-order valence-corrected chi connectivity index (χ2v) is 7.94. The molecule has 1 heterocycles. The Bertz CT molecular complexity index is 1180. The van der Waals surface area contributed by atoms with Gasteiger partial charge in [-0.1, -0.05) is 24.3 Å². The molecule has 1 aliphatic rings. The third-order valence-electron chi connectivity index (χ3n) is 5.46. The van der Waals surface area contributed by atoms with Crippen molar-refractivity contribution in [1.29, 1.82) is 0 Å². The van der Waals surface area contributed by atoms with Gasteiger partial charge in [0.15, 0.2) is 0 Å². The lowest BCUT2D eigenvalue weighted by atomic mass is 10.0. The van der Waals surface area contributed by atoms with Gasteiger partial charge in [-0.2, -0.15) is 0 Å². The second-order valence-electron chi connectivity index (χ2n) is 7.94. The number of nitrogens with zero attached hydrogens (tertiary/aromatic N) is 2. The fourth-order valence-corrected chi connectivity index (χ4v) is 3.57. The van der Waals surface area contributed by atoms with Crippen LogP contribution in [-0.2, 0) is 4.79 Å². The van der Waals surface area contributed by atoms with Crippen molar-refractivity contribution >= 4 is 17.7 Å². The first-order chi connectivity index (χ1) is 16.5. The summed E-state index contributed by atoms with van der Waals surface area (Å²) in [6.07, 6.45) is 1.82. The number of benzene rings is 2. The lowest BCUT2D eigenvalue weighted by Crippen LogP contribution is -2.44. The fraction of sp³-hybridized carbons (Fsp3) is 0.231. The Morgan fingerprint density at radius 3 is 2.32 bits per heavy atom. The molecule has 0 radical (unpaired) electrons. The molecule has 1 aromatic heterocycles. The quantitative estimate of drug-likeness (QED) is 0.462. The Morgan fingerprint density at radius 1 is 1.00 bits per heavy atom. The molecule has 1 fully saturated rings. The molecule has 4 rings (SSSR count). The maximum absolute atomic E-state index is 13.5. The summed E-state index contributed by atoms with van der Waals surface area (Å²) in [5, 5.41) is 9.73. The molecule has 0 aliphatic heterocycles. The molecule has 0 spiro atoms. The second kappa shape index (κ2) is 10.2. The molecule has 174 valence electrons. The Morgan fingerprint density at radius 2 is 1.71 bits per heavy atom. The van der Waals surface area contributed by atoms with Crippen molar-refractivity contribution in [2.75, 3.05) is 13.7 Å². The first kappa shape index (κ1) is 23.0. The maximum atomic E-state index is 13.5. The minimum atomic E-state index is -1.24. The number of aromatic nitrogens is 1. The minimum Gasteiger partial charge on any atom is -0.497 e. The number of carbonyl (C=O) groups is 3. The van der Waals surface area contributed by atoms with Crippen LogP contribution in [0, 0.1) is 0 Å². The van der Waals surface area contributed by atoms with Crippen molar-refractivity contribution in [3.05, 3.63) is 89.7 Å². The zero-order valence-corrected chi connectivity index (χ0v) is 18.6. The molecule has 34 heavy (non-hydrogen) atoms. The summed E-state index contributed by atoms with van der Waals surface area (Å²) in [5.74, 6) is -1.15. The molecule has 1 atom stereocenters. The van der Waals surface area contributed by atoms with Crippen molar-refractivity contribution < 1.29 is 29.0 Å². The van der Waals surface area contributed by atoms with Crippen molar-refractivity contribution in [3.8, 4) is 11.5 Å². The van der Waals surface area contributed by atoms with E-state index in [0.29, 0.717) is 11.5 Å². The maximum Gasteiger partial charge on any atom is 0.346 e. The topological polar surface area (TPSA) is 106 Å². The Labute approximate surface area is 196 Å². The summed E-state index contributed by atoms with van der Waals surface area (Å²) in [6, 6.07) is 18.1. The number of para-hydroxylation sites is 1. The van der Waals surface area contributed by atoms with Crippen LogP contribution in [0.5, 0.6) is 11.5 Å². The molecule has 3 aromatic rings. The highest BCUT2D eigenvalue weighted by Gasteiger charge is 2.37. The summed E-state index contributed by atoms with van der Waals surface area (Å²) in [6.45, 7) is -0.130. The van der Waals surface area contributed by atoms with E-state index < -0.39 is 12.1 Å². The van der Waals surface area contributed by atoms with Crippen LogP contribution in [0.3, 0.4) is 0 Å². The lowest BCUT2D eigenvalue weighted by Gasteiger charge is -2.26. The normalized spacial score (nSPS) is 13.6. The molecule has 0 saturated heterocycles. The number of hydrogen-bond acceptors (Lipinski definition) is 6. The average Bonchev–Trinajstić information content (AvgIpc) is 3.71. The first-order valence-corrected chi connectivity index (χ1v) is 10.9. The molecule has 1 amide bonds. The summed E-state index contributed by atoms with van der Waals surface area (Å²) >= 11 is 0. The van der Waals surface area contributed by atoms with Crippen LogP contribution >= 0.6 is 0 Å². The highest BCUT2D eigenvalue weighted by molar-refractivity contribution is 6.09. The van der Waals surface area contributed by atoms with Gasteiger partial charge in [0, 0.05) is 23.4 Å². The smallest absolute Gasteiger partial charge is 0.346 e. The zero-order chi connectivity index (χ0) is 24.1. The van der Waals surface area contributed by atoms with Gasteiger partial charge in [-0.15, -0.1) is 0 Å². The largest absolute Gasteiger partial charge is 0.497 e. The van der Waals surface area contributed by atoms with Gasteiger partial charge in [-0.25, -0.2) is 4.79 Å². The molecule has 1 aliphatic carbocycles. The van der Waals surface area contributed by atoms with E-state index in [2.05, 4.69) is 4.98 Å². The van der Waals surface area contributed by atoms with E-state index in [-0.39, 0.29) is 41.1 Å². The third-order valence-corrected chi connectivity index (χ3v) is 5.46. The van der Waals surface area contributed by atoms with E-state index in [9.17, 15) is 19.5 Å². The van der Waals surface area contributed by atoms with Gasteiger partial charge in [0.1, 0.15) is 17.2 Å². The number of rotatable bonds is 10. The molecular formula is C26H24N2O6. The van der Waals surface area contributed by atoms with Crippen LogP contribution in [0.15, 0.2) is 72.9 Å². The van der Waals surface area contributed by atoms with Gasteiger partial charge in [-0.3, -0.25) is 14.6 Å². The SMILES string of the molecule is COc1cc(C(=O)c2ccccn2)cc(C(=O)N(CC(Oc2ccccc2)C(=O)O)C2CC2)c1.